The second kappa shape index (κ2) is 8.61. The summed E-state index contributed by atoms with van der Waals surface area (Å²) in [4.78, 5) is 45.5. The van der Waals surface area contributed by atoms with Crippen LogP contribution >= 0.6 is 0 Å². The topological polar surface area (TPSA) is 73.5 Å². The van der Waals surface area contributed by atoms with Gasteiger partial charge in [0.15, 0.2) is 0 Å². The van der Waals surface area contributed by atoms with Gasteiger partial charge in [-0.25, -0.2) is 4.90 Å². The Morgan fingerprint density at radius 2 is 1.75 bits per heavy atom. The van der Waals surface area contributed by atoms with Gasteiger partial charge in [-0.3, -0.25) is 14.4 Å². The van der Waals surface area contributed by atoms with Gasteiger partial charge >= 0.3 is 0 Å². The molecule has 3 amide bonds. The summed E-state index contributed by atoms with van der Waals surface area (Å²) in [5.74, 6) is -0.701. The molecule has 1 saturated heterocycles. The molecule has 2 aromatic carbocycles. The van der Waals surface area contributed by atoms with Gasteiger partial charge in [-0.05, 0) is 35.6 Å². The number of hydrogen-bond acceptors (Lipinski definition) is 3. The largest absolute Gasteiger partial charge is 0.361 e. The Labute approximate surface area is 188 Å². The highest BCUT2D eigenvalue weighted by molar-refractivity contribution is 6.23. The van der Waals surface area contributed by atoms with Gasteiger partial charge < -0.3 is 9.88 Å². The standard InChI is InChI=1S/C26H29N3O3/c1-26(2,3)16-24(31)28(14-13-18-17-27-21-12-8-7-11-20(18)21)22-15-23(30)29(25(22)32)19-9-5-4-6-10-19/h4-12,17,22,27H,13-16H2,1-3H3. The van der Waals surface area contributed by atoms with E-state index in [0.717, 1.165) is 16.5 Å². The molecule has 0 spiro atoms. The van der Waals surface area contributed by atoms with E-state index in [-0.39, 0.29) is 29.6 Å². The average molecular weight is 432 g/mol. The predicted molar refractivity (Wildman–Crippen MR) is 125 cm³/mol. The number of aromatic nitrogens is 1. The van der Waals surface area contributed by atoms with Crippen LogP contribution in [0.1, 0.15) is 39.2 Å². The highest BCUT2D eigenvalue weighted by Gasteiger charge is 2.44. The molecule has 6 nitrogen and oxygen atoms in total. The third kappa shape index (κ3) is 4.44. The number of hydrogen-bond donors (Lipinski definition) is 1. The van der Waals surface area contributed by atoms with Gasteiger partial charge in [0.05, 0.1) is 12.1 Å². The van der Waals surface area contributed by atoms with E-state index < -0.39 is 6.04 Å². The molecule has 32 heavy (non-hydrogen) atoms. The fraction of sp³-hybridized carbons (Fsp3) is 0.346. The van der Waals surface area contributed by atoms with E-state index in [2.05, 4.69) is 4.98 Å². The molecule has 6 heteroatoms. The minimum Gasteiger partial charge on any atom is -0.361 e. The van der Waals surface area contributed by atoms with Crippen molar-refractivity contribution in [2.75, 3.05) is 11.4 Å². The van der Waals surface area contributed by atoms with Crippen molar-refractivity contribution < 1.29 is 14.4 Å². The van der Waals surface area contributed by atoms with Gasteiger partial charge in [-0.15, -0.1) is 0 Å². The molecule has 0 bridgehead atoms. The maximum absolute atomic E-state index is 13.3. The summed E-state index contributed by atoms with van der Waals surface area (Å²) in [6.07, 6.45) is 2.87. The number of amides is 3. The summed E-state index contributed by atoms with van der Waals surface area (Å²) >= 11 is 0. The second-order valence-electron chi connectivity index (χ2n) is 9.56. The van der Waals surface area contributed by atoms with E-state index in [1.54, 1.807) is 29.2 Å². The number of carbonyl (C=O) groups is 3. The lowest BCUT2D eigenvalue weighted by Crippen LogP contribution is -2.47. The zero-order valence-corrected chi connectivity index (χ0v) is 18.8. The zero-order chi connectivity index (χ0) is 22.9. The molecule has 0 aliphatic carbocycles. The molecule has 1 atom stereocenters. The Balaban J connectivity index is 1.60. The summed E-state index contributed by atoms with van der Waals surface area (Å²) < 4.78 is 0. The lowest BCUT2D eigenvalue weighted by atomic mass is 9.91. The van der Waals surface area contributed by atoms with Crippen molar-refractivity contribution in [3.63, 3.8) is 0 Å². The number of nitrogens with one attached hydrogen (secondary N) is 1. The molecule has 1 N–H and O–H groups in total. The average Bonchev–Trinajstić information content (AvgIpc) is 3.28. The molecule has 3 aromatic rings. The number of H-pyrrole nitrogens is 1. The number of carbonyl (C=O) groups excluding carboxylic acids is 3. The quantitative estimate of drug-likeness (QED) is 0.591. The minimum atomic E-state index is -0.775. The Morgan fingerprint density at radius 3 is 2.47 bits per heavy atom. The third-order valence-corrected chi connectivity index (χ3v) is 5.81. The van der Waals surface area contributed by atoms with Crippen LogP contribution in [0.2, 0.25) is 0 Å². The smallest absolute Gasteiger partial charge is 0.257 e. The van der Waals surface area contributed by atoms with Gasteiger partial charge in [0, 0.05) is 30.1 Å². The number of para-hydroxylation sites is 2. The van der Waals surface area contributed by atoms with E-state index in [4.69, 9.17) is 0 Å². The zero-order valence-electron chi connectivity index (χ0n) is 18.8. The van der Waals surface area contributed by atoms with Crippen molar-refractivity contribution in [2.24, 2.45) is 5.41 Å². The number of benzene rings is 2. The predicted octanol–water partition coefficient (Wildman–Crippen LogP) is 4.31. The summed E-state index contributed by atoms with van der Waals surface area (Å²) in [6, 6.07) is 16.2. The summed E-state index contributed by atoms with van der Waals surface area (Å²) in [5.41, 5.74) is 2.45. The monoisotopic (exact) mass is 431 g/mol. The molecular weight excluding hydrogens is 402 g/mol. The molecular formula is C26H29N3O3. The first kappa shape index (κ1) is 21.8. The number of fused-ring (bicyclic) bond motifs is 1. The van der Waals surface area contributed by atoms with Gasteiger partial charge in [-0.2, -0.15) is 0 Å². The van der Waals surface area contributed by atoms with Crippen LogP contribution in [0.5, 0.6) is 0 Å². The highest BCUT2D eigenvalue weighted by atomic mass is 16.2. The van der Waals surface area contributed by atoms with Crippen molar-refractivity contribution in [3.8, 4) is 0 Å². The van der Waals surface area contributed by atoms with Crippen molar-refractivity contribution >= 4 is 34.3 Å². The van der Waals surface area contributed by atoms with Crippen LogP contribution in [-0.4, -0.2) is 40.2 Å². The molecule has 0 radical (unpaired) electrons. The van der Waals surface area contributed by atoms with Gasteiger partial charge in [0.25, 0.3) is 5.91 Å². The van der Waals surface area contributed by atoms with Crippen LogP contribution in [0, 0.1) is 5.41 Å². The Kier molecular flexibility index (Phi) is 5.87. The Morgan fingerprint density at radius 1 is 1.06 bits per heavy atom. The Bertz CT molecular complexity index is 1140. The summed E-state index contributed by atoms with van der Waals surface area (Å²) in [7, 11) is 0. The third-order valence-electron chi connectivity index (χ3n) is 5.81. The van der Waals surface area contributed by atoms with Crippen molar-refractivity contribution in [1.29, 1.82) is 0 Å². The first-order valence-corrected chi connectivity index (χ1v) is 11.0. The summed E-state index contributed by atoms with van der Waals surface area (Å²) in [5, 5.41) is 1.11. The number of rotatable bonds is 6. The molecule has 166 valence electrons. The first-order chi connectivity index (χ1) is 15.2. The van der Waals surface area contributed by atoms with E-state index in [1.807, 2.05) is 57.3 Å². The lowest BCUT2D eigenvalue weighted by Gasteiger charge is -2.30. The van der Waals surface area contributed by atoms with Crippen LogP contribution < -0.4 is 4.90 Å². The highest BCUT2D eigenvalue weighted by Crippen LogP contribution is 2.28. The van der Waals surface area contributed by atoms with Crippen LogP contribution in [0.25, 0.3) is 10.9 Å². The molecule has 1 aliphatic rings. The van der Waals surface area contributed by atoms with Crippen LogP contribution in [0.15, 0.2) is 60.8 Å². The molecule has 0 saturated carbocycles. The van der Waals surface area contributed by atoms with E-state index in [9.17, 15) is 14.4 Å². The molecule has 1 aromatic heterocycles. The second-order valence-corrected chi connectivity index (χ2v) is 9.56. The summed E-state index contributed by atoms with van der Waals surface area (Å²) in [6.45, 7) is 6.38. The van der Waals surface area contributed by atoms with Crippen molar-refractivity contribution in [2.45, 2.75) is 46.1 Å². The maximum Gasteiger partial charge on any atom is 0.257 e. The molecule has 1 fully saturated rings. The van der Waals surface area contributed by atoms with Gasteiger partial charge in [0.1, 0.15) is 6.04 Å². The fourth-order valence-electron chi connectivity index (χ4n) is 4.30. The molecule has 1 aliphatic heterocycles. The van der Waals surface area contributed by atoms with Gasteiger partial charge in [-0.1, -0.05) is 57.2 Å². The number of nitrogens with zero attached hydrogens (tertiary/aromatic N) is 2. The van der Waals surface area contributed by atoms with Gasteiger partial charge in [0.2, 0.25) is 11.8 Å². The van der Waals surface area contributed by atoms with E-state index in [1.165, 1.54) is 4.90 Å². The van der Waals surface area contributed by atoms with Crippen LogP contribution in [0.3, 0.4) is 0 Å². The first-order valence-electron chi connectivity index (χ1n) is 11.0. The van der Waals surface area contributed by atoms with Crippen molar-refractivity contribution in [3.05, 3.63) is 66.4 Å². The SMILES string of the molecule is CC(C)(C)CC(=O)N(CCc1c[nH]c2ccccc12)C1CC(=O)N(c2ccccc2)C1=O. The normalized spacial score (nSPS) is 16.7. The van der Waals surface area contributed by atoms with Crippen molar-refractivity contribution in [1.82, 2.24) is 9.88 Å². The molecule has 1 unspecified atom stereocenters. The molecule has 2 heterocycles. The lowest BCUT2D eigenvalue weighted by molar-refractivity contribution is -0.139. The fourth-order valence-corrected chi connectivity index (χ4v) is 4.30. The molecule has 4 rings (SSSR count). The number of anilines is 1. The van der Waals surface area contributed by atoms with Crippen LogP contribution in [0.4, 0.5) is 5.69 Å². The number of aromatic amines is 1. The van der Waals surface area contributed by atoms with E-state index >= 15 is 0 Å². The maximum atomic E-state index is 13.3. The Hall–Kier alpha value is -3.41. The number of imide groups is 1. The van der Waals surface area contributed by atoms with E-state index in [0.29, 0.717) is 25.1 Å². The van der Waals surface area contributed by atoms with Crippen LogP contribution in [-0.2, 0) is 20.8 Å². The minimum absolute atomic E-state index is 0.0114.